The minimum atomic E-state index is -1.11. The number of rotatable bonds is 6. The average molecular weight is 448 g/mol. The van der Waals surface area contributed by atoms with Crippen LogP contribution < -0.4 is 4.74 Å². The molecular weight excluding hydrogens is 436 g/mol. The maximum Gasteiger partial charge on any atom is 0.272 e. The maximum atomic E-state index is 11.0. The molecule has 5 rings (SSSR count). The van der Waals surface area contributed by atoms with Gasteiger partial charge in [-0.1, -0.05) is 18.2 Å². The van der Waals surface area contributed by atoms with Gasteiger partial charge in [-0.15, -0.1) is 21.6 Å². The number of nitrogens with zero attached hydrogens (tertiary/aromatic N) is 6. The number of benzene rings is 3. The molecule has 0 unspecified atom stereocenters. The fourth-order valence-electron chi connectivity index (χ4n) is 2.93. The SMILES string of the molecule is O=[N+]([O-])c1ccc2nc(SC3(c4ccc(Oc5ccccc5)cc4)N=NN=N3)sc2c1. The van der Waals surface area contributed by atoms with E-state index < -0.39 is 9.92 Å². The van der Waals surface area contributed by atoms with Gasteiger partial charge in [-0.2, -0.15) is 0 Å². The fourth-order valence-corrected chi connectivity index (χ4v) is 5.24. The normalized spacial score (nSPS) is 14.2. The molecule has 9 nitrogen and oxygen atoms in total. The molecule has 1 aliphatic heterocycles. The van der Waals surface area contributed by atoms with Crippen LogP contribution in [-0.4, -0.2) is 9.91 Å². The highest BCUT2D eigenvalue weighted by Crippen LogP contribution is 2.49. The summed E-state index contributed by atoms with van der Waals surface area (Å²) in [5.41, 5.74) is 1.46. The van der Waals surface area contributed by atoms with Crippen LogP contribution in [0.3, 0.4) is 0 Å². The molecular formula is C20H12N6O3S2. The third kappa shape index (κ3) is 3.88. The van der Waals surface area contributed by atoms with Crippen molar-refractivity contribution < 1.29 is 9.66 Å². The van der Waals surface area contributed by atoms with Crippen LogP contribution in [0.2, 0.25) is 0 Å². The van der Waals surface area contributed by atoms with Gasteiger partial charge in [-0.25, -0.2) is 4.98 Å². The number of nitro benzene ring substituents is 1. The Morgan fingerprint density at radius 1 is 0.935 bits per heavy atom. The molecule has 2 heterocycles. The second kappa shape index (κ2) is 7.85. The van der Waals surface area contributed by atoms with Crippen LogP contribution in [0, 0.1) is 10.1 Å². The van der Waals surface area contributed by atoms with Gasteiger partial charge in [0.05, 0.1) is 15.1 Å². The number of hydrogen-bond acceptors (Lipinski definition) is 10. The standard InChI is InChI=1S/C20H12N6O3S2/c27-26(28)14-8-11-17-18(12-14)30-19(21-17)31-20(22-24-25-23-20)13-6-9-16(10-7-13)29-15-4-2-1-3-5-15/h1-12H. The van der Waals surface area contributed by atoms with E-state index in [1.54, 1.807) is 6.07 Å². The lowest BCUT2D eigenvalue weighted by Crippen LogP contribution is -2.13. The van der Waals surface area contributed by atoms with E-state index in [4.69, 9.17) is 4.74 Å². The molecule has 31 heavy (non-hydrogen) atoms. The molecule has 3 aromatic carbocycles. The zero-order valence-corrected chi connectivity index (χ0v) is 17.3. The van der Waals surface area contributed by atoms with E-state index in [1.807, 2.05) is 54.6 Å². The van der Waals surface area contributed by atoms with Crippen LogP contribution in [-0.2, 0) is 4.99 Å². The van der Waals surface area contributed by atoms with Crippen molar-refractivity contribution in [1.29, 1.82) is 0 Å². The largest absolute Gasteiger partial charge is 0.457 e. The molecule has 0 fully saturated rings. The van der Waals surface area contributed by atoms with Crippen LogP contribution in [0.5, 0.6) is 11.5 Å². The number of nitro groups is 1. The Morgan fingerprint density at radius 2 is 1.65 bits per heavy atom. The predicted molar refractivity (Wildman–Crippen MR) is 116 cm³/mol. The molecule has 0 bridgehead atoms. The number of thioether (sulfide) groups is 1. The van der Waals surface area contributed by atoms with Crippen molar-refractivity contribution in [2.75, 3.05) is 0 Å². The molecule has 0 saturated carbocycles. The monoisotopic (exact) mass is 448 g/mol. The summed E-state index contributed by atoms with van der Waals surface area (Å²) in [5.74, 6) is 1.41. The Labute approximate surface area is 183 Å². The lowest BCUT2D eigenvalue weighted by Gasteiger charge is -2.18. The van der Waals surface area contributed by atoms with Crippen molar-refractivity contribution >= 4 is 39.0 Å². The smallest absolute Gasteiger partial charge is 0.272 e. The number of hydrogen-bond donors (Lipinski definition) is 0. The van der Waals surface area contributed by atoms with Crippen LogP contribution in [0.4, 0.5) is 5.69 Å². The number of aromatic nitrogens is 1. The molecule has 1 aliphatic rings. The Bertz CT molecular complexity index is 1310. The highest BCUT2D eigenvalue weighted by atomic mass is 32.2. The molecule has 0 radical (unpaired) electrons. The van der Waals surface area contributed by atoms with E-state index in [0.29, 0.717) is 20.3 Å². The van der Waals surface area contributed by atoms with Gasteiger partial charge < -0.3 is 4.74 Å². The Morgan fingerprint density at radius 3 is 2.35 bits per heavy atom. The van der Waals surface area contributed by atoms with Crippen LogP contribution >= 0.6 is 23.1 Å². The molecule has 0 amide bonds. The Kier molecular flexibility index (Phi) is 4.88. The minimum Gasteiger partial charge on any atom is -0.457 e. The van der Waals surface area contributed by atoms with Crippen LogP contribution in [0.15, 0.2) is 97.8 Å². The van der Waals surface area contributed by atoms with Crippen molar-refractivity contribution in [2.24, 2.45) is 20.7 Å². The molecule has 152 valence electrons. The topological polar surface area (TPSA) is 115 Å². The van der Waals surface area contributed by atoms with Gasteiger partial charge in [-0.05, 0) is 64.7 Å². The average Bonchev–Trinajstić information content (AvgIpc) is 3.41. The summed E-state index contributed by atoms with van der Waals surface area (Å²) in [6, 6.07) is 21.4. The first-order valence-electron chi connectivity index (χ1n) is 9.03. The first kappa shape index (κ1) is 19.3. The van der Waals surface area contributed by atoms with Crippen molar-refractivity contribution in [1.82, 2.24) is 4.98 Å². The van der Waals surface area contributed by atoms with Gasteiger partial charge >= 0.3 is 0 Å². The van der Waals surface area contributed by atoms with E-state index in [-0.39, 0.29) is 5.69 Å². The quantitative estimate of drug-likeness (QED) is 0.239. The highest BCUT2D eigenvalue weighted by Gasteiger charge is 2.38. The molecule has 0 N–H and O–H groups in total. The number of non-ortho nitro benzene ring substituents is 1. The van der Waals surface area contributed by atoms with E-state index >= 15 is 0 Å². The van der Waals surface area contributed by atoms with Gasteiger partial charge in [0.1, 0.15) is 11.5 Å². The second-order valence-corrected chi connectivity index (χ2v) is 8.87. The first-order valence-corrected chi connectivity index (χ1v) is 10.7. The van der Waals surface area contributed by atoms with Gasteiger partial charge in [0.2, 0.25) is 0 Å². The molecule has 0 saturated heterocycles. The van der Waals surface area contributed by atoms with Gasteiger partial charge in [-0.3, -0.25) is 10.1 Å². The number of fused-ring (bicyclic) bond motifs is 1. The number of thiazole rings is 1. The Balaban J connectivity index is 1.42. The summed E-state index contributed by atoms with van der Waals surface area (Å²) in [4.78, 5) is 14.0. The summed E-state index contributed by atoms with van der Waals surface area (Å²) in [5, 5.41) is 26.9. The summed E-state index contributed by atoms with van der Waals surface area (Å²) in [7, 11) is 0. The summed E-state index contributed by atoms with van der Waals surface area (Å²) in [6.07, 6.45) is 0. The first-order chi connectivity index (χ1) is 15.1. The number of para-hydroxylation sites is 1. The third-order valence-electron chi connectivity index (χ3n) is 4.40. The van der Waals surface area contributed by atoms with Crippen LogP contribution in [0.25, 0.3) is 10.2 Å². The molecule has 0 atom stereocenters. The minimum absolute atomic E-state index is 0.0247. The van der Waals surface area contributed by atoms with Crippen molar-refractivity contribution in [2.45, 2.75) is 9.33 Å². The highest BCUT2D eigenvalue weighted by molar-refractivity contribution is 8.02. The van der Waals surface area contributed by atoms with E-state index in [0.717, 1.165) is 11.3 Å². The van der Waals surface area contributed by atoms with Crippen LogP contribution in [0.1, 0.15) is 5.56 Å². The number of ether oxygens (including phenoxy) is 1. The predicted octanol–water partition coefficient (Wildman–Crippen LogP) is 6.73. The molecule has 0 aliphatic carbocycles. The second-order valence-electron chi connectivity index (χ2n) is 6.42. The van der Waals surface area contributed by atoms with Gasteiger partial charge in [0, 0.05) is 17.7 Å². The van der Waals surface area contributed by atoms with Crippen molar-refractivity contribution in [3.05, 3.63) is 88.5 Å². The van der Waals surface area contributed by atoms with E-state index in [2.05, 4.69) is 25.7 Å². The summed E-state index contributed by atoms with van der Waals surface area (Å²) >= 11 is 2.61. The van der Waals surface area contributed by atoms with E-state index in [9.17, 15) is 10.1 Å². The van der Waals surface area contributed by atoms with Gasteiger partial charge in [0.25, 0.3) is 10.7 Å². The molecule has 0 spiro atoms. The lowest BCUT2D eigenvalue weighted by atomic mass is 10.1. The van der Waals surface area contributed by atoms with Gasteiger partial charge in [0.15, 0.2) is 4.34 Å². The summed E-state index contributed by atoms with van der Waals surface area (Å²) < 4.78 is 7.20. The zero-order chi connectivity index (χ0) is 21.3. The third-order valence-corrected chi connectivity index (χ3v) is 6.67. The lowest BCUT2D eigenvalue weighted by molar-refractivity contribution is -0.384. The fraction of sp³-hybridized carbons (Fsp3) is 0.0500. The molecule has 4 aromatic rings. The Hall–Kier alpha value is -3.70. The molecule has 1 aromatic heterocycles. The summed E-state index contributed by atoms with van der Waals surface area (Å²) in [6.45, 7) is 0. The zero-order valence-electron chi connectivity index (χ0n) is 15.7. The molecule has 11 heteroatoms. The van der Waals surface area contributed by atoms with Crippen molar-refractivity contribution in [3.63, 3.8) is 0 Å². The van der Waals surface area contributed by atoms with E-state index in [1.165, 1.54) is 35.2 Å². The van der Waals surface area contributed by atoms with Crippen molar-refractivity contribution in [3.8, 4) is 11.5 Å². The maximum absolute atomic E-state index is 11.0.